The van der Waals surface area contributed by atoms with Crippen LogP contribution in [0.15, 0.2) is 40.7 Å². The van der Waals surface area contributed by atoms with Crippen molar-refractivity contribution < 1.29 is 19.4 Å². The van der Waals surface area contributed by atoms with Crippen LogP contribution in [0.25, 0.3) is 0 Å². The lowest BCUT2D eigenvalue weighted by Crippen LogP contribution is -2.34. The van der Waals surface area contributed by atoms with Gasteiger partial charge in [-0.15, -0.1) is 0 Å². The highest BCUT2D eigenvalue weighted by Gasteiger charge is 2.39. The molecule has 1 aliphatic heterocycles. The molecule has 7 heteroatoms. The molecule has 140 valence electrons. The number of carboxylic acid groups (broad SMARTS) is 1. The van der Waals surface area contributed by atoms with E-state index in [1.165, 1.54) is 0 Å². The number of allylic oxidation sites excluding steroid dienone is 2. The van der Waals surface area contributed by atoms with E-state index in [4.69, 9.17) is 27.9 Å². The Hall–Kier alpha value is -1.98. The molecule has 1 aromatic rings. The lowest BCUT2D eigenvalue weighted by atomic mass is 9.80. The number of carbonyl (C=O) groups is 2. The minimum Gasteiger partial charge on any atom is -0.478 e. The molecule has 1 atom stereocenters. The number of aliphatic carboxylic acids is 1. The van der Waals surface area contributed by atoms with E-state index in [2.05, 4.69) is 5.32 Å². The van der Waals surface area contributed by atoms with E-state index >= 15 is 0 Å². The summed E-state index contributed by atoms with van der Waals surface area (Å²) in [5.74, 6) is -2.64. The SMILES string of the molecule is CC1=C(C(=O)O)C(c2cccc(Cl)c2Cl)C(C(=O)OC(C)(C)C)=C(C)N1. The Kier molecular flexibility index (Phi) is 5.73. The topological polar surface area (TPSA) is 75.6 Å². The van der Waals surface area contributed by atoms with E-state index < -0.39 is 23.5 Å². The fourth-order valence-electron chi connectivity index (χ4n) is 2.94. The molecule has 0 saturated carbocycles. The summed E-state index contributed by atoms with van der Waals surface area (Å²) in [7, 11) is 0. The molecular formula is C19H21Cl2NO4. The predicted octanol–water partition coefficient (Wildman–Crippen LogP) is 4.65. The Balaban J connectivity index is 2.71. The maximum atomic E-state index is 12.9. The van der Waals surface area contributed by atoms with Gasteiger partial charge in [-0.05, 0) is 46.2 Å². The van der Waals surface area contributed by atoms with E-state index in [1.54, 1.807) is 52.8 Å². The van der Waals surface area contributed by atoms with Crippen molar-refractivity contribution in [3.63, 3.8) is 0 Å². The van der Waals surface area contributed by atoms with Crippen LogP contribution in [0.1, 0.15) is 46.1 Å². The lowest BCUT2D eigenvalue weighted by molar-refractivity contribution is -0.150. The van der Waals surface area contributed by atoms with E-state index in [1.807, 2.05) is 0 Å². The van der Waals surface area contributed by atoms with Crippen LogP contribution < -0.4 is 5.32 Å². The van der Waals surface area contributed by atoms with Gasteiger partial charge in [0.25, 0.3) is 0 Å². The first kappa shape index (κ1) is 20.3. The highest BCUT2D eigenvalue weighted by atomic mass is 35.5. The number of dihydropyridines is 1. The van der Waals surface area contributed by atoms with E-state index in [-0.39, 0.29) is 21.2 Å². The van der Waals surface area contributed by atoms with Gasteiger partial charge in [0.05, 0.1) is 27.1 Å². The van der Waals surface area contributed by atoms with Gasteiger partial charge in [0.2, 0.25) is 0 Å². The third-order valence-electron chi connectivity index (χ3n) is 3.90. The Labute approximate surface area is 162 Å². The number of rotatable bonds is 3. The van der Waals surface area contributed by atoms with Crippen molar-refractivity contribution >= 4 is 35.1 Å². The van der Waals surface area contributed by atoms with Crippen molar-refractivity contribution in [3.8, 4) is 0 Å². The number of ether oxygens (including phenoxy) is 1. The van der Waals surface area contributed by atoms with E-state index in [0.29, 0.717) is 17.0 Å². The zero-order valence-electron chi connectivity index (χ0n) is 15.2. The molecule has 0 amide bonds. The first-order valence-electron chi connectivity index (χ1n) is 8.03. The van der Waals surface area contributed by atoms with E-state index in [9.17, 15) is 14.7 Å². The molecular weight excluding hydrogens is 377 g/mol. The van der Waals surface area contributed by atoms with Crippen LogP contribution in [-0.4, -0.2) is 22.6 Å². The molecule has 2 rings (SSSR count). The highest BCUT2D eigenvalue weighted by Crippen LogP contribution is 2.43. The predicted molar refractivity (Wildman–Crippen MR) is 101 cm³/mol. The van der Waals surface area contributed by atoms with Crippen LogP contribution in [0, 0.1) is 0 Å². The summed E-state index contributed by atoms with van der Waals surface area (Å²) in [6, 6.07) is 4.94. The number of benzene rings is 1. The van der Waals surface area contributed by atoms with Gasteiger partial charge in [-0.25, -0.2) is 9.59 Å². The maximum Gasteiger partial charge on any atom is 0.337 e. The molecule has 0 radical (unpaired) electrons. The van der Waals surface area contributed by atoms with Crippen molar-refractivity contribution in [1.29, 1.82) is 0 Å². The monoisotopic (exact) mass is 397 g/mol. The van der Waals surface area contributed by atoms with Gasteiger partial charge >= 0.3 is 11.9 Å². The van der Waals surface area contributed by atoms with Gasteiger partial charge in [-0.1, -0.05) is 35.3 Å². The standard InChI is InChI=1S/C19H21Cl2NO4/c1-9-13(17(23)24)15(11-7-6-8-12(20)16(11)21)14(10(2)22-9)18(25)26-19(3,4)5/h6-8,15,22H,1-5H3,(H,23,24). The summed E-state index contributed by atoms with van der Waals surface area (Å²) >= 11 is 12.5. The zero-order chi connectivity index (χ0) is 19.8. The van der Waals surface area contributed by atoms with Crippen LogP contribution >= 0.6 is 23.2 Å². The van der Waals surface area contributed by atoms with Gasteiger partial charge in [0, 0.05) is 11.4 Å². The molecule has 2 N–H and O–H groups in total. The van der Waals surface area contributed by atoms with Gasteiger partial charge in [0.1, 0.15) is 5.60 Å². The normalized spacial score (nSPS) is 17.9. The van der Waals surface area contributed by atoms with Crippen LogP contribution in [-0.2, 0) is 14.3 Å². The summed E-state index contributed by atoms with van der Waals surface area (Å²) in [6.45, 7) is 8.59. The fraction of sp³-hybridized carbons (Fsp3) is 0.368. The number of carboxylic acids is 1. The third-order valence-corrected chi connectivity index (χ3v) is 4.74. The minimum atomic E-state index is -1.15. The first-order chi connectivity index (χ1) is 11.9. The van der Waals surface area contributed by atoms with Crippen molar-refractivity contribution in [2.45, 2.75) is 46.1 Å². The molecule has 0 aromatic heterocycles. The highest BCUT2D eigenvalue weighted by molar-refractivity contribution is 6.42. The number of esters is 1. The number of carbonyl (C=O) groups excluding carboxylic acids is 1. The third kappa shape index (κ3) is 4.05. The molecule has 0 spiro atoms. The van der Waals surface area contributed by atoms with Gasteiger partial charge in [-0.3, -0.25) is 0 Å². The summed E-state index contributed by atoms with van der Waals surface area (Å²) in [5, 5.41) is 13.2. The molecule has 0 aliphatic carbocycles. The summed E-state index contributed by atoms with van der Waals surface area (Å²) in [6.07, 6.45) is 0. The summed E-state index contributed by atoms with van der Waals surface area (Å²) in [5.41, 5.74) is 0.892. The Bertz CT molecular complexity index is 834. The van der Waals surface area contributed by atoms with Crippen molar-refractivity contribution in [2.75, 3.05) is 0 Å². The van der Waals surface area contributed by atoms with Crippen molar-refractivity contribution in [3.05, 3.63) is 56.3 Å². The maximum absolute atomic E-state index is 12.9. The zero-order valence-corrected chi connectivity index (χ0v) is 16.7. The smallest absolute Gasteiger partial charge is 0.337 e. The fourth-order valence-corrected chi connectivity index (χ4v) is 3.35. The molecule has 5 nitrogen and oxygen atoms in total. The molecule has 26 heavy (non-hydrogen) atoms. The largest absolute Gasteiger partial charge is 0.478 e. The number of hydrogen-bond acceptors (Lipinski definition) is 4. The average molecular weight is 398 g/mol. The minimum absolute atomic E-state index is 0.0284. The van der Waals surface area contributed by atoms with Gasteiger partial charge in [0.15, 0.2) is 0 Å². The van der Waals surface area contributed by atoms with Crippen LogP contribution in [0.5, 0.6) is 0 Å². The lowest BCUT2D eigenvalue weighted by Gasteiger charge is -2.32. The quantitative estimate of drug-likeness (QED) is 0.725. The van der Waals surface area contributed by atoms with Crippen LogP contribution in [0.4, 0.5) is 0 Å². The molecule has 1 heterocycles. The van der Waals surface area contributed by atoms with Crippen LogP contribution in [0.3, 0.4) is 0 Å². The Morgan fingerprint density at radius 1 is 1.12 bits per heavy atom. The number of hydrogen-bond donors (Lipinski definition) is 2. The van der Waals surface area contributed by atoms with Gasteiger partial charge < -0.3 is 15.2 Å². The Morgan fingerprint density at radius 2 is 1.69 bits per heavy atom. The molecule has 0 bridgehead atoms. The van der Waals surface area contributed by atoms with Gasteiger partial charge in [-0.2, -0.15) is 0 Å². The number of nitrogens with one attached hydrogen (secondary N) is 1. The van der Waals surface area contributed by atoms with Crippen LogP contribution in [0.2, 0.25) is 10.0 Å². The molecule has 1 aliphatic rings. The molecule has 1 unspecified atom stereocenters. The molecule has 0 fully saturated rings. The molecule has 0 saturated heterocycles. The second kappa shape index (κ2) is 7.33. The van der Waals surface area contributed by atoms with E-state index in [0.717, 1.165) is 0 Å². The van der Waals surface area contributed by atoms with Crippen molar-refractivity contribution in [1.82, 2.24) is 5.32 Å². The first-order valence-corrected chi connectivity index (χ1v) is 8.78. The molecule has 1 aromatic carbocycles. The second-order valence-electron chi connectivity index (χ2n) is 7.09. The summed E-state index contributed by atoms with van der Waals surface area (Å²) < 4.78 is 5.50. The van der Waals surface area contributed by atoms with Crippen molar-refractivity contribution in [2.24, 2.45) is 0 Å². The second-order valence-corrected chi connectivity index (χ2v) is 7.87. The average Bonchev–Trinajstić information content (AvgIpc) is 2.46. The Morgan fingerprint density at radius 3 is 2.23 bits per heavy atom. The summed E-state index contributed by atoms with van der Waals surface area (Å²) in [4.78, 5) is 24.8. The number of halogens is 2.